The fourth-order valence-electron chi connectivity index (χ4n) is 2.37. The van der Waals surface area contributed by atoms with Crippen molar-refractivity contribution in [1.82, 2.24) is 14.7 Å². The molecule has 1 aromatic rings. The van der Waals surface area contributed by atoms with Gasteiger partial charge in [0.15, 0.2) is 0 Å². The summed E-state index contributed by atoms with van der Waals surface area (Å²) < 4.78 is 1.73. The molecular weight excluding hydrogens is 202 g/mol. The third kappa shape index (κ3) is 2.13. The lowest BCUT2D eigenvalue weighted by molar-refractivity contribution is -0.0176. The smallest absolute Gasteiger partial charge is 0.116 e. The molecule has 0 saturated carbocycles. The van der Waals surface area contributed by atoms with Gasteiger partial charge in [-0.15, -0.1) is 0 Å². The van der Waals surface area contributed by atoms with Crippen molar-refractivity contribution in [1.29, 1.82) is 0 Å². The minimum Gasteiger partial charge on any atom is -0.385 e. The van der Waals surface area contributed by atoms with Gasteiger partial charge in [0, 0.05) is 13.2 Å². The molecule has 0 amide bonds. The highest BCUT2D eigenvalue weighted by atomic mass is 16.3. The van der Waals surface area contributed by atoms with E-state index in [2.05, 4.69) is 23.8 Å². The number of nitrogens with zero attached hydrogens (tertiary/aromatic N) is 3. The molecule has 4 heteroatoms. The van der Waals surface area contributed by atoms with Gasteiger partial charge in [-0.3, -0.25) is 4.68 Å². The summed E-state index contributed by atoms with van der Waals surface area (Å²) in [5.41, 5.74) is 0.522. The molecule has 0 aliphatic heterocycles. The van der Waals surface area contributed by atoms with E-state index in [1.54, 1.807) is 4.68 Å². The summed E-state index contributed by atoms with van der Waals surface area (Å²) in [6, 6.07) is 1.88. The molecule has 1 aromatic heterocycles. The van der Waals surface area contributed by atoms with E-state index >= 15 is 0 Å². The maximum Gasteiger partial charge on any atom is 0.116 e. The standard InChI is InChI=1S/C12H23N3O/c1-6-12(7-2,14(3)4)11(16)10-8-9-15(5)13-10/h8-9,11,16H,6-7H2,1-5H3. The van der Waals surface area contributed by atoms with Crippen molar-refractivity contribution < 1.29 is 5.11 Å². The minimum absolute atomic E-state index is 0.228. The molecular formula is C12H23N3O. The number of aliphatic hydroxyl groups is 1. The Balaban J connectivity index is 3.04. The lowest BCUT2D eigenvalue weighted by Crippen LogP contribution is -2.48. The molecule has 0 radical (unpaired) electrons. The molecule has 1 atom stereocenters. The summed E-state index contributed by atoms with van der Waals surface area (Å²) >= 11 is 0. The highest BCUT2D eigenvalue weighted by Crippen LogP contribution is 2.34. The predicted octanol–water partition coefficient (Wildman–Crippen LogP) is 1.57. The molecule has 1 N–H and O–H groups in total. The van der Waals surface area contributed by atoms with Gasteiger partial charge in [-0.2, -0.15) is 5.10 Å². The van der Waals surface area contributed by atoms with Gasteiger partial charge >= 0.3 is 0 Å². The van der Waals surface area contributed by atoms with Crippen molar-refractivity contribution in [2.24, 2.45) is 7.05 Å². The average Bonchev–Trinajstić information content (AvgIpc) is 2.66. The maximum absolute atomic E-state index is 10.5. The Kier molecular flexibility index (Phi) is 4.10. The van der Waals surface area contributed by atoms with Crippen LogP contribution in [0.15, 0.2) is 12.3 Å². The molecule has 0 aromatic carbocycles. The van der Waals surface area contributed by atoms with Crippen molar-refractivity contribution in [2.75, 3.05) is 14.1 Å². The third-order valence-electron chi connectivity index (χ3n) is 3.64. The summed E-state index contributed by atoms with van der Waals surface area (Å²) in [6.07, 6.45) is 3.12. The van der Waals surface area contributed by atoms with Crippen LogP contribution in [-0.2, 0) is 7.05 Å². The zero-order valence-corrected chi connectivity index (χ0v) is 10.9. The molecule has 0 aliphatic carbocycles. The summed E-state index contributed by atoms with van der Waals surface area (Å²) in [6.45, 7) is 4.21. The van der Waals surface area contributed by atoms with E-state index < -0.39 is 6.10 Å². The predicted molar refractivity (Wildman–Crippen MR) is 65.2 cm³/mol. The number of aliphatic hydroxyl groups excluding tert-OH is 1. The number of aromatic nitrogens is 2. The molecule has 4 nitrogen and oxygen atoms in total. The molecule has 1 rings (SSSR count). The monoisotopic (exact) mass is 225 g/mol. The van der Waals surface area contributed by atoms with Crippen LogP contribution in [-0.4, -0.2) is 39.4 Å². The van der Waals surface area contributed by atoms with Crippen molar-refractivity contribution in [3.8, 4) is 0 Å². The van der Waals surface area contributed by atoms with Crippen LogP contribution >= 0.6 is 0 Å². The van der Waals surface area contributed by atoms with E-state index in [0.29, 0.717) is 0 Å². The fourth-order valence-corrected chi connectivity index (χ4v) is 2.37. The minimum atomic E-state index is -0.543. The van der Waals surface area contributed by atoms with Crippen LogP contribution in [0.4, 0.5) is 0 Å². The number of aryl methyl sites for hydroxylation is 1. The van der Waals surface area contributed by atoms with Gasteiger partial charge in [-0.05, 0) is 33.0 Å². The highest BCUT2D eigenvalue weighted by molar-refractivity contribution is 5.11. The van der Waals surface area contributed by atoms with Crippen LogP contribution in [0, 0.1) is 0 Å². The van der Waals surface area contributed by atoms with Gasteiger partial charge in [0.05, 0.1) is 11.2 Å². The first-order chi connectivity index (χ1) is 7.47. The van der Waals surface area contributed by atoms with Crippen molar-refractivity contribution in [3.05, 3.63) is 18.0 Å². The van der Waals surface area contributed by atoms with Gasteiger partial charge in [-0.1, -0.05) is 13.8 Å². The van der Waals surface area contributed by atoms with Crippen molar-refractivity contribution in [3.63, 3.8) is 0 Å². The molecule has 0 bridgehead atoms. The number of hydrogen-bond donors (Lipinski definition) is 1. The van der Waals surface area contributed by atoms with E-state index in [1.807, 2.05) is 33.4 Å². The molecule has 1 heterocycles. The Labute approximate surface area is 97.9 Å². The van der Waals surface area contributed by atoms with Crippen LogP contribution in [0.3, 0.4) is 0 Å². The molecule has 16 heavy (non-hydrogen) atoms. The average molecular weight is 225 g/mol. The molecule has 0 spiro atoms. The van der Waals surface area contributed by atoms with Crippen LogP contribution in [0.25, 0.3) is 0 Å². The Morgan fingerprint density at radius 1 is 1.44 bits per heavy atom. The van der Waals surface area contributed by atoms with Crippen molar-refractivity contribution in [2.45, 2.75) is 38.3 Å². The van der Waals surface area contributed by atoms with Crippen LogP contribution in [0.5, 0.6) is 0 Å². The largest absolute Gasteiger partial charge is 0.385 e. The fraction of sp³-hybridized carbons (Fsp3) is 0.750. The zero-order valence-electron chi connectivity index (χ0n) is 10.9. The lowest BCUT2D eigenvalue weighted by Gasteiger charge is -2.41. The van der Waals surface area contributed by atoms with Gasteiger partial charge < -0.3 is 10.0 Å². The van der Waals surface area contributed by atoms with Crippen molar-refractivity contribution >= 4 is 0 Å². The van der Waals surface area contributed by atoms with E-state index in [1.165, 1.54) is 0 Å². The first-order valence-corrected chi connectivity index (χ1v) is 5.83. The second-order valence-electron chi connectivity index (χ2n) is 4.52. The number of rotatable bonds is 5. The Morgan fingerprint density at radius 2 is 2.00 bits per heavy atom. The van der Waals surface area contributed by atoms with Crippen LogP contribution in [0.1, 0.15) is 38.5 Å². The van der Waals surface area contributed by atoms with E-state index in [-0.39, 0.29) is 5.54 Å². The second kappa shape index (κ2) is 4.97. The van der Waals surface area contributed by atoms with E-state index in [9.17, 15) is 5.11 Å². The van der Waals surface area contributed by atoms with Gasteiger partial charge in [0.25, 0.3) is 0 Å². The maximum atomic E-state index is 10.5. The topological polar surface area (TPSA) is 41.3 Å². The second-order valence-corrected chi connectivity index (χ2v) is 4.52. The first kappa shape index (κ1) is 13.2. The zero-order chi connectivity index (χ0) is 12.3. The van der Waals surface area contributed by atoms with Crippen LogP contribution < -0.4 is 0 Å². The normalized spacial score (nSPS) is 14.4. The highest BCUT2D eigenvalue weighted by Gasteiger charge is 2.38. The van der Waals surface area contributed by atoms with Gasteiger partial charge in [-0.25, -0.2) is 0 Å². The molecule has 0 aliphatic rings. The Hall–Kier alpha value is -0.870. The summed E-state index contributed by atoms with van der Waals surface area (Å²) in [5, 5.41) is 14.8. The lowest BCUT2D eigenvalue weighted by atomic mass is 9.83. The number of hydrogen-bond acceptors (Lipinski definition) is 3. The van der Waals surface area contributed by atoms with Crippen LogP contribution in [0.2, 0.25) is 0 Å². The molecule has 0 fully saturated rings. The van der Waals surface area contributed by atoms with Gasteiger partial charge in [0.1, 0.15) is 6.10 Å². The molecule has 0 saturated heterocycles. The quantitative estimate of drug-likeness (QED) is 0.827. The van der Waals surface area contributed by atoms with E-state index in [0.717, 1.165) is 18.5 Å². The summed E-state index contributed by atoms with van der Waals surface area (Å²) in [4.78, 5) is 2.10. The Bertz CT molecular complexity index is 329. The summed E-state index contributed by atoms with van der Waals surface area (Å²) in [5.74, 6) is 0. The number of likely N-dealkylation sites (N-methyl/N-ethyl adjacent to an activating group) is 1. The molecule has 1 unspecified atom stereocenters. The SMILES string of the molecule is CCC(CC)(C(O)c1ccn(C)n1)N(C)C. The van der Waals surface area contributed by atoms with Gasteiger partial charge in [0.2, 0.25) is 0 Å². The third-order valence-corrected chi connectivity index (χ3v) is 3.64. The van der Waals surface area contributed by atoms with E-state index in [4.69, 9.17) is 0 Å². The first-order valence-electron chi connectivity index (χ1n) is 5.83. The molecule has 92 valence electrons. The Morgan fingerprint density at radius 3 is 2.31 bits per heavy atom. The summed E-state index contributed by atoms with van der Waals surface area (Å²) in [7, 11) is 5.89.